The molecule has 0 fully saturated rings. The molecular formula is C10H11BrNP. The summed E-state index contributed by atoms with van der Waals surface area (Å²) in [7, 11) is 2.71. The first-order valence-electron chi connectivity index (χ1n) is 4.27. The predicted octanol–water partition coefficient (Wildman–Crippen LogP) is 3.60. The number of aryl methyl sites for hydroxylation is 1. The third-order valence-corrected chi connectivity index (χ3v) is 3.18. The van der Waals surface area contributed by atoms with Crippen molar-refractivity contribution in [3.8, 4) is 0 Å². The van der Waals surface area contributed by atoms with Crippen molar-refractivity contribution in [2.75, 3.05) is 0 Å². The summed E-state index contributed by atoms with van der Waals surface area (Å²) in [6, 6.07) is 6.38. The molecule has 2 rings (SSSR count). The smallest absolute Gasteiger partial charge is 0.0512 e. The molecule has 68 valence electrons. The van der Waals surface area contributed by atoms with Gasteiger partial charge in [0.25, 0.3) is 0 Å². The third-order valence-electron chi connectivity index (χ3n) is 2.26. The van der Waals surface area contributed by atoms with Gasteiger partial charge in [0.15, 0.2) is 0 Å². The molecule has 1 aromatic carbocycles. The van der Waals surface area contributed by atoms with E-state index in [1.807, 2.05) is 0 Å². The zero-order valence-electron chi connectivity index (χ0n) is 7.42. The summed E-state index contributed by atoms with van der Waals surface area (Å²) in [4.78, 5) is 0. The molecule has 0 saturated carbocycles. The van der Waals surface area contributed by atoms with E-state index < -0.39 is 0 Å². The van der Waals surface area contributed by atoms with Crippen LogP contribution in [0.15, 0.2) is 28.9 Å². The van der Waals surface area contributed by atoms with Gasteiger partial charge in [-0.2, -0.15) is 0 Å². The summed E-state index contributed by atoms with van der Waals surface area (Å²) >= 11 is 3.49. The van der Waals surface area contributed by atoms with Crippen molar-refractivity contribution in [1.29, 1.82) is 0 Å². The van der Waals surface area contributed by atoms with E-state index in [2.05, 4.69) is 61.0 Å². The number of nitrogens with zero attached hydrogens (tertiary/aromatic N) is 1. The van der Waals surface area contributed by atoms with Crippen molar-refractivity contribution in [3.05, 3.63) is 34.4 Å². The van der Waals surface area contributed by atoms with Gasteiger partial charge in [0.05, 0.1) is 5.52 Å². The van der Waals surface area contributed by atoms with Gasteiger partial charge in [-0.05, 0) is 39.6 Å². The first kappa shape index (κ1) is 9.23. The molecule has 0 aliphatic heterocycles. The van der Waals surface area contributed by atoms with Crippen LogP contribution >= 0.6 is 25.3 Å². The Hall–Kier alpha value is -0.330. The second-order valence-electron chi connectivity index (χ2n) is 3.08. The maximum absolute atomic E-state index is 3.49. The largest absolute Gasteiger partial charge is 0.332 e. The number of rotatable bonds is 1. The van der Waals surface area contributed by atoms with Gasteiger partial charge in [0.2, 0.25) is 0 Å². The predicted molar refractivity (Wildman–Crippen MR) is 64.1 cm³/mol. The molecule has 1 heterocycles. The molecule has 2 aromatic rings. The van der Waals surface area contributed by atoms with Gasteiger partial charge in [-0.15, -0.1) is 0 Å². The third kappa shape index (κ3) is 1.53. The van der Waals surface area contributed by atoms with E-state index in [9.17, 15) is 0 Å². The standard InChI is InChI=1S/C10H11BrNP/c1-2-7-6-12(13)10-4-3-8(11)5-9(7)10/h3-6H,2,13H2,1H3. The Morgan fingerprint density at radius 3 is 2.92 bits per heavy atom. The molecule has 0 aliphatic carbocycles. The highest BCUT2D eigenvalue weighted by molar-refractivity contribution is 9.10. The molecule has 1 nitrogen and oxygen atoms in total. The number of halogens is 1. The van der Waals surface area contributed by atoms with Crippen LogP contribution in [-0.2, 0) is 6.42 Å². The van der Waals surface area contributed by atoms with Crippen LogP contribution in [0.5, 0.6) is 0 Å². The minimum Gasteiger partial charge on any atom is -0.332 e. The van der Waals surface area contributed by atoms with Gasteiger partial charge in [-0.1, -0.05) is 22.9 Å². The van der Waals surface area contributed by atoms with Crippen LogP contribution in [0, 0.1) is 0 Å². The summed E-state index contributed by atoms with van der Waals surface area (Å²) < 4.78 is 3.24. The molecule has 0 N–H and O–H groups in total. The van der Waals surface area contributed by atoms with Gasteiger partial charge in [0.1, 0.15) is 0 Å². The van der Waals surface area contributed by atoms with E-state index in [0.717, 1.165) is 10.9 Å². The number of fused-ring (bicyclic) bond motifs is 1. The number of hydrogen-bond donors (Lipinski definition) is 0. The summed E-state index contributed by atoms with van der Waals surface area (Å²) in [6.07, 6.45) is 3.25. The van der Waals surface area contributed by atoms with E-state index in [4.69, 9.17) is 0 Å². The van der Waals surface area contributed by atoms with E-state index in [1.165, 1.54) is 16.5 Å². The zero-order valence-corrected chi connectivity index (χ0v) is 10.2. The van der Waals surface area contributed by atoms with E-state index in [1.54, 1.807) is 0 Å². The summed E-state index contributed by atoms with van der Waals surface area (Å²) in [5, 5.41) is 1.34. The van der Waals surface area contributed by atoms with E-state index in [0.29, 0.717) is 0 Å². The van der Waals surface area contributed by atoms with Crippen LogP contribution in [0.3, 0.4) is 0 Å². The molecule has 0 bridgehead atoms. The fourth-order valence-electron chi connectivity index (χ4n) is 1.58. The Labute approximate surface area is 88.5 Å². The fraction of sp³-hybridized carbons (Fsp3) is 0.200. The Kier molecular flexibility index (Phi) is 2.44. The maximum atomic E-state index is 3.49. The SMILES string of the molecule is CCc1cn(P)c2ccc(Br)cc12. The van der Waals surface area contributed by atoms with E-state index >= 15 is 0 Å². The van der Waals surface area contributed by atoms with Crippen LogP contribution < -0.4 is 0 Å². The van der Waals surface area contributed by atoms with Gasteiger partial charge in [-0.25, -0.2) is 0 Å². The minimum atomic E-state index is 1.08. The molecule has 0 aliphatic rings. The number of hydrogen-bond acceptors (Lipinski definition) is 0. The van der Waals surface area contributed by atoms with Gasteiger partial charge < -0.3 is 4.34 Å². The van der Waals surface area contributed by atoms with Crippen LogP contribution in [0.25, 0.3) is 10.9 Å². The molecule has 1 unspecified atom stereocenters. The molecule has 3 heteroatoms. The van der Waals surface area contributed by atoms with Crippen LogP contribution in [0.4, 0.5) is 0 Å². The molecule has 1 aromatic heterocycles. The lowest BCUT2D eigenvalue weighted by molar-refractivity contribution is 1.15. The zero-order chi connectivity index (χ0) is 9.42. The van der Waals surface area contributed by atoms with Crippen molar-refractivity contribution in [2.45, 2.75) is 13.3 Å². The monoisotopic (exact) mass is 255 g/mol. The molecule has 0 spiro atoms. The van der Waals surface area contributed by atoms with Crippen molar-refractivity contribution in [1.82, 2.24) is 4.34 Å². The summed E-state index contributed by atoms with van der Waals surface area (Å²) in [6.45, 7) is 2.18. The molecular weight excluding hydrogens is 245 g/mol. The molecule has 0 saturated heterocycles. The highest BCUT2D eigenvalue weighted by atomic mass is 79.9. The Morgan fingerprint density at radius 1 is 1.46 bits per heavy atom. The maximum Gasteiger partial charge on any atom is 0.0512 e. The molecule has 1 atom stereocenters. The van der Waals surface area contributed by atoms with Crippen molar-refractivity contribution >= 4 is 36.2 Å². The quantitative estimate of drug-likeness (QED) is 0.687. The number of benzene rings is 1. The topological polar surface area (TPSA) is 4.93 Å². The average molecular weight is 256 g/mol. The lowest BCUT2D eigenvalue weighted by atomic mass is 10.1. The number of aromatic nitrogens is 1. The lowest BCUT2D eigenvalue weighted by Gasteiger charge is -1.96. The Bertz CT molecular complexity index is 447. The Morgan fingerprint density at radius 2 is 2.23 bits per heavy atom. The van der Waals surface area contributed by atoms with Gasteiger partial charge in [0, 0.05) is 16.1 Å². The lowest BCUT2D eigenvalue weighted by Crippen LogP contribution is -1.74. The average Bonchev–Trinajstić information content (AvgIpc) is 2.42. The molecule has 0 radical (unpaired) electrons. The van der Waals surface area contributed by atoms with Crippen LogP contribution in [0.1, 0.15) is 12.5 Å². The van der Waals surface area contributed by atoms with Crippen LogP contribution in [0.2, 0.25) is 0 Å². The summed E-state index contributed by atoms with van der Waals surface area (Å²) in [5.74, 6) is 0. The fourth-order valence-corrected chi connectivity index (χ4v) is 2.35. The highest BCUT2D eigenvalue weighted by Gasteiger charge is 2.04. The normalized spacial score (nSPS) is 11.0. The van der Waals surface area contributed by atoms with E-state index in [-0.39, 0.29) is 0 Å². The van der Waals surface area contributed by atoms with Crippen molar-refractivity contribution in [2.24, 2.45) is 0 Å². The first-order chi connectivity index (χ1) is 6.22. The van der Waals surface area contributed by atoms with Crippen molar-refractivity contribution in [3.63, 3.8) is 0 Å². The van der Waals surface area contributed by atoms with Crippen LogP contribution in [-0.4, -0.2) is 4.34 Å². The van der Waals surface area contributed by atoms with Crippen molar-refractivity contribution < 1.29 is 0 Å². The van der Waals surface area contributed by atoms with Gasteiger partial charge in [-0.3, -0.25) is 0 Å². The minimum absolute atomic E-state index is 1.08. The highest BCUT2D eigenvalue weighted by Crippen LogP contribution is 2.26. The second kappa shape index (κ2) is 3.43. The van der Waals surface area contributed by atoms with Gasteiger partial charge >= 0.3 is 0 Å². The first-order valence-corrected chi connectivity index (χ1v) is 5.58. The molecule has 13 heavy (non-hydrogen) atoms. The second-order valence-corrected chi connectivity index (χ2v) is 4.55. The summed E-state index contributed by atoms with van der Waals surface area (Å²) in [5.41, 5.74) is 2.66. The Balaban J connectivity index is 2.81. The molecule has 0 amide bonds.